The Morgan fingerprint density at radius 2 is 2.00 bits per heavy atom. The lowest BCUT2D eigenvalue weighted by atomic mass is 10.1. The summed E-state index contributed by atoms with van der Waals surface area (Å²) in [5, 5.41) is 11.5. The molecule has 0 unspecified atom stereocenters. The van der Waals surface area contributed by atoms with Crippen LogP contribution in [0.4, 0.5) is 4.39 Å². The van der Waals surface area contributed by atoms with E-state index in [9.17, 15) is 9.18 Å². The Bertz CT molecular complexity index is 897. The summed E-state index contributed by atoms with van der Waals surface area (Å²) >= 11 is 0. The van der Waals surface area contributed by atoms with E-state index in [4.69, 9.17) is 0 Å². The average molecular weight is 355 g/mol. The Morgan fingerprint density at radius 1 is 1.27 bits per heavy atom. The second kappa shape index (κ2) is 7.51. The minimum Gasteiger partial charge on any atom is -0.340 e. The van der Waals surface area contributed by atoms with Crippen molar-refractivity contribution in [3.8, 4) is 11.3 Å². The highest BCUT2D eigenvalue weighted by Gasteiger charge is 2.16. The summed E-state index contributed by atoms with van der Waals surface area (Å²) in [4.78, 5) is 14.2. The van der Waals surface area contributed by atoms with Crippen LogP contribution in [0.25, 0.3) is 11.3 Å². The zero-order valence-corrected chi connectivity index (χ0v) is 15.2. The monoisotopic (exact) mass is 355 g/mol. The van der Waals surface area contributed by atoms with Gasteiger partial charge in [-0.3, -0.25) is 14.6 Å². The summed E-state index contributed by atoms with van der Waals surface area (Å²) in [5.41, 5.74) is 4.06. The van der Waals surface area contributed by atoms with Crippen molar-refractivity contribution in [2.24, 2.45) is 7.05 Å². The van der Waals surface area contributed by atoms with Gasteiger partial charge in [0.1, 0.15) is 11.5 Å². The number of amides is 1. The summed E-state index contributed by atoms with van der Waals surface area (Å²) in [6.07, 6.45) is 1.58. The summed E-state index contributed by atoms with van der Waals surface area (Å²) in [6.45, 7) is 2.50. The van der Waals surface area contributed by atoms with Crippen LogP contribution in [0, 0.1) is 12.7 Å². The number of H-pyrrole nitrogens is 1. The second-order valence-corrected chi connectivity index (χ2v) is 6.41. The third kappa shape index (κ3) is 3.99. The smallest absolute Gasteiger partial charge is 0.271 e. The molecular formula is C19H22FN5O. The van der Waals surface area contributed by atoms with E-state index < -0.39 is 0 Å². The molecule has 6 nitrogen and oxygen atoms in total. The fourth-order valence-corrected chi connectivity index (χ4v) is 2.87. The van der Waals surface area contributed by atoms with E-state index in [1.54, 1.807) is 41.9 Å². The Morgan fingerprint density at radius 3 is 2.65 bits per heavy atom. The van der Waals surface area contributed by atoms with E-state index in [1.165, 1.54) is 12.1 Å². The van der Waals surface area contributed by atoms with Gasteiger partial charge in [0.25, 0.3) is 5.91 Å². The number of aromatic nitrogens is 4. The first-order valence-corrected chi connectivity index (χ1v) is 8.50. The summed E-state index contributed by atoms with van der Waals surface area (Å²) in [5.74, 6) is -0.300. The molecule has 3 aromatic rings. The van der Waals surface area contributed by atoms with E-state index in [0.29, 0.717) is 12.2 Å². The molecule has 1 aromatic carbocycles. The summed E-state index contributed by atoms with van der Waals surface area (Å²) < 4.78 is 14.6. The first-order chi connectivity index (χ1) is 12.4. The Labute approximate surface area is 151 Å². The second-order valence-electron chi connectivity index (χ2n) is 6.41. The van der Waals surface area contributed by atoms with Gasteiger partial charge in [-0.1, -0.05) is 0 Å². The van der Waals surface area contributed by atoms with Crippen LogP contribution in [0.2, 0.25) is 0 Å². The molecule has 2 heterocycles. The van der Waals surface area contributed by atoms with Gasteiger partial charge in [-0.2, -0.15) is 10.2 Å². The predicted octanol–water partition coefficient (Wildman–Crippen LogP) is 2.96. The highest BCUT2D eigenvalue weighted by molar-refractivity contribution is 5.92. The topological polar surface area (TPSA) is 66.8 Å². The first kappa shape index (κ1) is 17.8. The fraction of sp³-hybridized carbons (Fsp3) is 0.316. The van der Waals surface area contributed by atoms with Gasteiger partial charge in [-0.05, 0) is 56.2 Å². The molecule has 0 saturated carbocycles. The molecule has 0 saturated heterocycles. The maximum Gasteiger partial charge on any atom is 0.271 e. The molecule has 26 heavy (non-hydrogen) atoms. The number of nitrogens with zero attached hydrogens (tertiary/aromatic N) is 4. The zero-order chi connectivity index (χ0) is 18.7. The lowest BCUT2D eigenvalue weighted by molar-refractivity contribution is 0.0782. The van der Waals surface area contributed by atoms with E-state index in [2.05, 4.69) is 15.3 Å². The summed E-state index contributed by atoms with van der Waals surface area (Å²) in [7, 11) is 3.57. The molecule has 1 N–H and O–H groups in total. The number of hydrogen-bond acceptors (Lipinski definition) is 3. The standard InChI is InChI=1S/C19H22FN5O/c1-13-11-18(25(3)23-13)19(26)24(2)10-4-5-16-12-17(22-21-16)14-6-8-15(20)9-7-14/h6-9,11-12H,4-5,10H2,1-3H3,(H,21,22). The number of rotatable bonds is 6. The van der Waals surface area contributed by atoms with Crippen LogP contribution in [-0.2, 0) is 13.5 Å². The van der Waals surface area contributed by atoms with Crippen molar-refractivity contribution in [2.45, 2.75) is 19.8 Å². The lowest BCUT2D eigenvalue weighted by Gasteiger charge is -2.16. The van der Waals surface area contributed by atoms with Crippen LogP contribution < -0.4 is 0 Å². The van der Waals surface area contributed by atoms with Crippen LogP contribution >= 0.6 is 0 Å². The largest absolute Gasteiger partial charge is 0.340 e. The molecule has 0 bridgehead atoms. The Kier molecular flexibility index (Phi) is 5.16. The number of carbonyl (C=O) groups excluding carboxylic acids is 1. The predicted molar refractivity (Wildman–Crippen MR) is 97.2 cm³/mol. The van der Waals surface area contributed by atoms with Gasteiger partial charge < -0.3 is 4.90 Å². The highest BCUT2D eigenvalue weighted by Crippen LogP contribution is 2.18. The van der Waals surface area contributed by atoms with Crippen molar-refractivity contribution in [3.63, 3.8) is 0 Å². The van der Waals surface area contributed by atoms with E-state index >= 15 is 0 Å². The Balaban J connectivity index is 1.54. The summed E-state index contributed by atoms with van der Waals surface area (Å²) in [6, 6.07) is 10.0. The number of benzene rings is 1. The number of nitrogens with one attached hydrogen (secondary N) is 1. The fourth-order valence-electron chi connectivity index (χ4n) is 2.87. The number of hydrogen-bond donors (Lipinski definition) is 1. The minimum atomic E-state index is -0.263. The van der Waals surface area contributed by atoms with Crippen LogP contribution in [-0.4, -0.2) is 44.4 Å². The van der Waals surface area contributed by atoms with Crippen molar-refractivity contribution in [2.75, 3.05) is 13.6 Å². The molecule has 0 fully saturated rings. The molecule has 0 radical (unpaired) electrons. The van der Waals surface area contributed by atoms with Gasteiger partial charge >= 0.3 is 0 Å². The lowest BCUT2D eigenvalue weighted by Crippen LogP contribution is -2.29. The molecule has 0 aliphatic rings. The maximum absolute atomic E-state index is 13.0. The van der Waals surface area contributed by atoms with Gasteiger partial charge in [0.15, 0.2) is 0 Å². The quantitative estimate of drug-likeness (QED) is 0.739. The van der Waals surface area contributed by atoms with Crippen molar-refractivity contribution in [1.29, 1.82) is 0 Å². The van der Waals surface area contributed by atoms with Gasteiger partial charge in [-0.25, -0.2) is 4.39 Å². The number of halogens is 1. The van der Waals surface area contributed by atoms with E-state index in [-0.39, 0.29) is 11.7 Å². The molecule has 1 amide bonds. The van der Waals surface area contributed by atoms with Crippen LogP contribution in [0.5, 0.6) is 0 Å². The van der Waals surface area contributed by atoms with Gasteiger partial charge in [-0.15, -0.1) is 0 Å². The molecule has 0 spiro atoms. The molecule has 2 aromatic heterocycles. The molecule has 3 rings (SSSR count). The maximum atomic E-state index is 13.0. The van der Waals surface area contributed by atoms with Gasteiger partial charge in [0.05, 0.1) is 11.4 Å². The zero-order valence-electron chi connectivity index (χ0n) is 15.2. The SMILES string of the molecule is Cc1cc(C(=O)N(C)CCCc2cc(-c3ccc(F)cc3)n[nH]2)n(C)n1. The van der Waals surface area contributed by atoms with Crippen molar-refractivity contribution in [3.05, 3.63) is 59.3 Å². The van der Waals surface area contributed by atoms with Crippen LogP contribution in [0.1, 0.15) is 28.3 Å². The average Bonchev–Trinajstić information content (AvgIpc) is 3.21. The number of aryl methyl sites for hydroxylation is 3. The van der Waals surface area contributed by atoms with Crippen molar-refractivity contribution < 1.29 is 9.18 Å². The normalized spacial score (nSPS) is 10.9. The number of carbonyl (C=O) groups is 1. The van der Waals surface area contributed by atoms with E-state index in [1.807, 2.05) is 13.0 Å². The van der Waals surface area contributed by atoms with E-state index in [0.717, 1.165) is 35.5 Å². The molecule has 0 aliphatic heterocycles. The molecular weight excluding hydrogens is 333 g/mol. The third-order valence-corrected chi connectivity index (χ3v) is 4.28. The van der Waals surface area contributed by atoms with Crippen molar-refractivity contribution >= 4 is 5.91 Å². The Hall–Kier alpha value is -2.96. The highest BCUT2D eigenvalue weighted by atomic mass is 19.1. The number of aromatic amines is 1. The molecule has 7 heteroatoms. The van der Waals surface area contributed by atoms with Crippen LogP contribution in [0.3, 0.4) is 0 Å². The first-order valence-electron chi connectivity index (χ1n) is 8.50. The third-order valence-electron chi connectivity index (χ3n) is 4.28. The van der Waals surface area contributed by atoms with Crippen molar-refractivity contribution in [1.82, 2.24) is 24.9 Å². The van der Waals surface area contributed by atoms with Gasteiger partial charge in [0.2, 0.25) is 0 Å². The minimum absolute atomic E-state index is 0.0373. The molecule has 0 aliphatic carbocycles. The van der Waals surface area contributed by atoms with Crippen LogP contribution in [0.15, 0.2) is 36.4 Å². The molecule has 0 atom stereocenters. The van der Waals surface area contributed by atoms with Gasteiger partial charge in [0, 0.05) is 31.9 Å². The molecule has 136 valence electrons.